The summed E-state index contributed by atoms with van der Waals surface area (Å²) in [4.78, 5) is 11.3. The molecule has 0 amide bonds. The van der Waals surface area contributed by atoms with Crippen molar-refractivity contribution in [2.75, 3.05) is 23.3 Å². The summed E-state index contributed by atoms with van der Waals surface area (Å²) in [5.41, 5.74) is 7.72. The molecule has 2 fully saturated rings. The Balaban J connectivity index is 1.49. The van der Waals surface area contributed by atoms with Crippen molar-refractivity contribution < 1.29 is 4.39 Å². The molecule has 5 rings (SSSR count). The first kappa shape index (κ1) is 21.6. The Morgan fingerprint density at radius 2 is 1.91 bits per heavy atom. The van der Waals surface area contributed by atoms with E-state index in [0.717, 1.165) is 49.6 Å². The van der Waals surface area contributed by atoms with Gasteiger partial charge in [0, 0.05) is 37.8 Å². The molecular formula is C24H29FN8. The number of nitrogens with two attached hydrogens (primary N) is 1. The average Bonchev–Trinajstić information content (AvgIpc) is 3.27. The predicted molar refractivity (Wildman–Crippen MR) is 125 cm³/mol. The number of hydrogen-bond donors (Lipinski definition) is 2. The van der Waals surface area contributed by atoms with Crippen LogP contribution in [-0.2, 0) is 0 Å². The van der Waals surface area contributed by atoms with E-state index >= 15 is 4.39 Å². The average molecular weight is 449 g/mol. The lowest BCUT2D eigenvalue weighted by Gasteiger charge is -2.32. The lowest BCUT2D eigenvalue weighted by atomic mass is 9.84. The van der Waals surface area contributed by atoms with Crippen LogP contribution in [0.25, 0.3) is 16.9 Å². The van der Waals surface area contributed by atoms with Crippen molar-refractivity contribution in [2.24, 2.45) is 11.7 Å². The van der Waals surface area contributed by atoms with Crippen LogP contribution in [0.15, 0.2) is 30.6 Å². The Morgan fingerprint density at radius 1 is 1.12 bits per heavy atom. The molecule has 1 aliphatic heterocycles. The second kappa shape index (κ2) is 9.32. The van der Waals surface area contributed by atoms with E-state index < -0.39 is 5.82 Å². The monoisotopic (exact) mass is 448 g/mol. The number of rotatable bonds is 5. The molecule has 0 spiro atoms. The van der Waals surface area contributed by atoms with Crippen molar-refractivity contribution in [1.29, 1.82) is 5.26 Å². The highest BCUT2D eigenvalue weighted by Gasteiger charge is 2.27. The highest BCUT2D eigenvalue weighted by atomic mass is 19.1. The number of fused-ring (bicyclic) bond motifs is 1. The van der Waals surface area contributed by atoms with Crippen molar-refractivity contribution >= 4 is 17.2 Å². The summed E-state index contributed by atoms with van der Waals surface area (Å²) in [6, 6.07) is 8.35. The van der Waals surface area contributed by atoms with Crippen LogP contribution in [0.1, 0.15) is 44.9 Å². The fourth-order valence-electron chi connectivity index (χ4n) is 4.91. The zero-order valence-corrected chi connectivity index (χ0v) is 18.6. The maximum Gasteiger partial charge on any atom is 0.207 e. The molecule has 0 bridgehead atoms. The van der Waals surface area contributed by atoms with E-state index in [1.165, 1.54) is 0 Å². The van der Waals surface area contributed by atoms with Crippen LogP contribution in [0.3, 0.4) is 0 Å². The van der Waals surface area contributed by atoms with E-state index in [4.69, 9.17) is 11.0 Å². The third kappa shape index (κ3) is 4.48. The second-order valence-corrected chi connectivity index (χ2v) is 9.17. The Bertz CT molecular complexity index is 1150. The molecular weight excluding hydrogens is 419 g/mol. The minimum atomic E-state index is -0.412. The van der Waals surface area contributed by atoms with Gasteiger partial charge >= 0.3 is 0 Å². The second-order valence-electron chi connectivity index (χ2n) is 9.17. The van der Waals surface area contributed by atoms with Gasteiger partial charge in [0.15, 0.2) is 17.5 Å². The highest BCUT2D eigenvalue weighted by molar-refractivity contribution is 5.77. The molecule has 33 heavy (non-hydrogen) atoms. The van der Waals surface area contributed by atoms with Crippen LogP contribution in [0.4, 0.5) is 16.0 Å². The summed E-state index contributed by atoms with van der Waals surface area (Å²) < 4.78 is 17.5. The Kier molecular flexibility index (Phi) is 6.09. The van der Waals surface area contributed by atoms with E-state index in [1.54, 1.807) is 10.7 Å². The first-order valence-corrected chi connectivity index (χ1v) is 11.8. The largest absolute Gasteiger partial charge is 0.365 e. The quantitative estimate of drug-likeness (QED) is 0.612. The molecule has 9 heteroatoms. The normalized spacial score (nSPS) is 21.8. The van der Waals surface area contributed by atoms with Gasteiger partial charge in [0.25, 0.3) is 0 Å². The lowest BCUT2D eigenvalue weighted by Crippen LogP contribution is -2.40. The van der Waals surface area contributed by atoms with Crippen LogP contribution in [0, 0.1) is 23.1 Å². The van der Waals surface area contributed by atoms with Crippen LogP contribution < -0.4 is 16.0 Å². The molecule has 1 aliphatic carbocycles. The molecule has 0 aromatic carbocycles. The van der Waals surface area contributed by atoms with Gasteiger partial charge in [-0.3, -0.25) is 0 Å². The third-order valence-corrected chi connectivity index (χ3v) is 6.91. The fourth-order valence-corrected chi connectivity index (χ4v) is 4.91. The topological polar surface area (TPSA) is 108 Å². The summed E-state index contributed by atoms with van der Waals surface area (Å²) in [6.07, 6.45) is 9.54. The molecule has 0 atom stereocenters. The molecule has 1 saturated carbocycles. The van der Waals surface area contributed by atoms with Gasteiger partial charge in [-0.1, -0.05) is 6.07 Å². The number of nitrogens with one attached hydrogen (secondary N) is 1. The van der Waals surface area contributed by atoms with Gasteiger partial charge in [0.1, 0.15) is 0 Å². The molecule has 2 aliphatic rings. The molecule has 8 nitrogen and oxygen atoms in total. The Morgan fingerprint density at radius 3 is 2.67 bits per heavy atom. The fraction of sp³-hybridized carbons (Fsp3) is 0.500. The lowest BCUT2D eigenvalue weighted by molar-refractivity contribution is 0.341. The summed E-state index contributed by atoms with van der Waals surface area (Å²) >= 11 is 0. The number of aromatic nitrogens is 4. The van der Waals surface area contributed by atoms with Crippen molar-refractivity contribution in [3.05, 3.63) is 36.4 Å². The summed E-state index contributed by atoms with van der Waals surface area (Å²) in [5, 5.41) is 16.7. The van der Waals surface area contributed by atoms with Crippen molar-refractivity contribution in [1.82, 2.24) is 19.6 Å². The van der Waals surface area contributed by atoms with Gasteiger partial charge in [-0.25, -0.2) is 14.5 Å². The molecule has 172 valence electrons. The van der Waals surface area contributed by atoms with E-state index in [1.807, 2.05) is 29.3 Å². The smallest absolute Gasteiger partial charge is 0.207 e. The minimum Gasteiger partial charge on any atom is -0.365 e. The zero-order chi connectivity index (χ0) is 22.8. The maximum absolute atomic E-state index is 15.7. The van der Waals surface area contributed by atoms with Gasteiger partial charge in [-0.05, 0) is 56.6 Å². The number of anilines is 2. The minimum absolute atomic E-state index is 0.128. The molecule has 0 unspecified atom stereocenters. The number of piperidine rings is 1. The van der Waals surface area contributed by atoms with E-state index in [9.17, 15) is 0 Å². The van der Waals surface area contributed by atoms with Crippen molar-refractivity contribution in [3.8, 4) is 17.5 Å². The molecule has 3 aromatic heterocycles. The standard InChI is InChI=1S/C24H29FN8/c25-21-23(29-18-6-4-16(5-7-18)8-11-26)30-22(19-15-28-33-12-2-1-3-20(19)33)31-24(21)32-13-9-17(27)10-14-32/h1-3,12,15-18H,4-10,13-14,27H2,(H,29,30,31). The van der Waals surface area contributed by atoms with Crippen molar-refractivity contribution in [2.45, 2.75) is 57.0 Å². The summed E-state index contributed by atoms with van der Waals surface area (Å²) in [6.45, 7) is 1.34. The van der Waals surface area contributed by atoms with Crippen LogP contribution in [0.2, 0.25) is 0 Å². The van der Waals surface area contributed by atoms with Crippen LogP contribution in [0.5, 0.6) is 0 Å². The number of pyridine rings is 1. The molecule has 4 heterocycles. The summed E-state index contributed by atoms with van der Waals surface area (Å²) in [7, 11) is 0. The number of halogens is 1. The highest BCUT2D eigenvalue weighted by Crippen LogP contribution is 2.33. The number of nitriles is 1. The van der Waals surface area contributed by atoms with Gasteiger partial charge in [-0.15, -0.1) is 0 Å². The third-order valence-electron chi connectivity index (χ3n) is 6.91. The molecule has 3 N–H and O–H groups in total. The maximum atomic E-state index is 15.7. The number of nitrogens with zero attached hydrogens (tertiary/aromatic N) is 6. The van der Waals surface area contributed by atoms with Crippen molar-refractivity contribution in [3.63, 3.8) is 0 Å². The summed E-state index contributed by atoms with van der Waals surface area (Å²) in [5.74, 6) is 1.05. The van der Waals surface area contributed by atoms with Crippen LogP contribution >= 0.6 is 0 Å². The van der Waals surface area contributed by atoms with Gasteiger partial charge in [0.05, 0.1) is 23.3 Å². The van der Waals surface area contributed by atoms with Gasteiger partial charge < -0.3 is 16.0 Å². The SMILES string of the molecule is N#CCC1CCC(Nc2nc(-c3cnn4ccccc34)nc(N3CCC(N)CC3)c2F)CC1. The van der Waals surface area contributed by atoms with E-state index in [2.05, 4.69) is 26.5 Å². The van der Waals surface area contributed by atoms with E-state index in [-0.39, 0.29) is 17.9 Å². The first-order valence-electron chi connectivity index (χ1n) is 11.8. The van der Waals surface area contributed by atoms with Gasteiger partial charge in [0.2, 0.25) is 5.82 Å². The number of hydrogen-bond acceptors (Lipinski definition) is 7. The van der Waals surface area contributed by atoms with Gasteiger partial charge in [-0.2, -0.15) is 14.8 Å². The molecule has 0 radical (unpaired) electrons. The predicted octanol–water partition coefficient (Wildman–Crippen LogP) is 3.74. The van der Waals surface area contributed by atoms with Crippen LogP contribution in [-0.4, -0.2) is 44.8 Å². The van der Waals surface area contributed by atoms with E-state index in [0.29, 0.717) is 37.1 Å². The zero-order valence-electron chi connectivity index (χ0n) is 18.6. The molecule has 3 aromatic rings. The Hall–Kier alpha value is -3.25. The molecule has 1 saturated heterocycles. The Labute approximate surface area is 192 Å². The first-order chi connectivity index (χ1) is 16.1.